The summed E-state index contributed by atoms with van der Waals surface area (Å²) in [6.07, 6.45) is 1.51. The average molecular weight is 328 g/mol. The summed E-state index contributed by atoms with van der Waals surface area (Å²) in [5, 5.41) is 0. The smallest absolute Gasteiger partial charge is 0.225 e. The van der Waals surface area contributed by atoms with E-state index in [1.807, 2.05) is 37.5 Å². The van der Waals surface area contributed by atoms with E-state index < -0.39 is 11.2 Å². The van der Waals surface area contributed by atoms with Gasteiger partial charge >= 0.3 is 0 Å². The molecule has 0 unspecified atom stereocenters. The molecule has 1 aliphatic heterocycles. The summed E-state index contributed by atoms with van der Waals surface area (Å²) in [6.45, 7) is 10.2. The molecule has 0 N–H and O–H groups in total. The van der Waals surface area contributed by atoms with Crippen molar-refractivity contribution in [1.29, 1.82) is 0 Å². The van der Waals surface area contributed by atoms with Gasteiger partial charge in [-0.05, 0) is 34.1 Å². The number of rotatable bonds is 6. The Balaban J connectivity index is 2.56. The van der Waals surface area contributed by atoms with E-state index in [0.717, 1.165) is 6.42 Å². The van der Waals surface area contributed by atoms with Crippen molar-refractivity contribution in [1.82, 2.24) is 9.80 Å². The van der Waals surface area contributed by atoms with Crippen molar-refractivity contribution >= 4 is 11.8 Å². The zero-order valence-electron chi connectivity index (χ0n) is 15.5. The molecule has 0 bridgehead atoms. The first-order chi connectivity index (χ1) is 10.6. The number of methoxy groups -OCH3 is 2. The van der Waals surface area contributed by atoms with Crippen LogP contribution >= 0.6 is 0 Å². The number of carbonyl (C=O) groups excluding carboxylic acids is 2. The zero-order valence-corrected chi connectivity index (χ0v) is 15.5. The molecule has 1 aliphatic rings. The summed E-state index contributed by atoms with van der Waals surface area (Å²) in [5.74, 6) is 0.173. The fourth-order valence-electron chi connectivity index (χ4n) is 2.51. The largest absolute Gasteiger partial charge is 0.378 e. The maximum Gasteiger partial charge on any atom is 0.225 e. The van der Waals surface area contributed by atoms with Gasteiger partial charge in [0.05, 0.1) is 24.0 Å². The highest BCUT2D eigenvalue weighted by Crippen LogP contribution is 2.18. The molecule has 23 heavy (non-hydrogen) atoms. The monoisotopic (exact) mass is 328 g/mol. The third-order valence-corrected chi connectivity index (χ3v) is 4.46. The lowest BCUT2D eigenvalue weighted by Crippen LogP contribution is -2.41. The summed E-state index contributed by atoms with van der Waals surface area (Å²) >= 11 is 0. The number of amides is 2. The minimum atomic E-state index is -0.457. The first-order valence-electron chi connectivity index (χ1n) is 8.26. The van der Waals surface area contributed by atoms with Gasteiger partial charge in [-0.1, -0.05) is 0 Å². The fourth-order valence-corrected chi connectivity index (χ4v) is 2.51. The highest BCUT2D eigenvalue weighted by molar-refractivity contribution is 5.78. The molecule has 1 fully saturated rings. The molecule has 0 radical (unpaired) electrons. The highest BCUT2D eigenvalue weighted by atomic mass is 16.5. The Morgan fingerprint density at radius 2 is 1.13 bits per heavy atom. The Kier molecular flexibility index (Phi) is 7.02. The summed E-state index contributed by atoms with van der Waals surface area (Å²) in [7, 11) is 3.24. The number of hydrogen-bond donors (Lipinski definition) is 0. The fraction of sp³-hybridized carbons (Fsp3) is 0.882. The molecule has 1 heterocycles. The summed E-state index contributed by atoms with van der Waals surface area (Å²) in [5.41, 5.74) is -0.914. The van der Waals surface area contributed by atoms with E-state index in [2.05, 4.69) is 0 Å². The van der Waals surface area contributed by atoms with Crippen LogP contribution < -0.4 is 0 Å². The third-order valence-electron chi connectivity index (χ3n) is 4.46. The van der Waals surface area contributed by atoms with Crippen LogP contribution in [0.2, 0.25) is 0 Å². The number of hydrogen-bond acceptors (Lipinski definition) is 4. The Morgan fingerprint density at radius 1 is 0.783 bits per heavy atom. The van der Waals surface area contributed by atoms with Crippen LogP contribution in [-0.2, 0) is 19.1 Å². The van der Waals surface area contributed by atoms with Gasteiger partial charge in [-0.15, -0.1) is 0 Å². The Hall–Kier alpha value is -1.14. The van der Waals surface area contributed by atoms with Crippen molar-refractivity contribution in [3.05, 3.63) is 0 Å². The van der Waals surface area contributed by atoms with Gasteiger partial charge in [0.1, 0.15) is 0 Å². The molecule has 2 amide bonds. The van der Waals surface area contributed by atoms with Crippen molar-refractivity contribution in [3.63, 3.8) is 0 Å². The van der Waals surface area contributed by atoms with E-state index >= 15 is 0 Å². The topological polar surface area (TPSA) is 59.1 Å². The van der Waals surface area contributed by atoms with Gasteiger partial charge in [-0.25, -0.2) is 0 Å². The maximum atomic E-state index is 12.4. The van der Waals surface area contributed by atoms with E-state index in [9.17, 15) is 9.59 Å². The van der Waals surface area contributed by atoms with Crippen LogP contribution in [0.4, 0.5) is 0 Å². The first kappa shape index (κ1) is 19.9. The zero-order chi connectivity index (χ0) is 17.7. The molecule has 6 heteroatoms. The Morgan fingerprint density at radius 3 is 1.43 bits per heavy atom. The molecule has 0 aromatic heterocycles. The van der Waals surface area contributed by atoms with Crippen molar-refractivity contribution in [2.45, 2.75) is 58.2 Å². The molecular formula is C17H32N2O4. The van der Waals surface area contributed by atoms with Crippen LogP contribution in [0.5, 0.6) is 0 Å². The SMILES string of the molecule is COC(C)(C)CC(=O)N1CCCN(C(=O)CC(C)(C)OC)CC1. The second-order valence-corrected chi connectivity index (χ2v) is 7.40. The van der Waals surface area contributed by atoms with Crippen LogP contribution in [0.3, 0.4) is 0 Å². The lowest BCUT2D eigenvalue weighted by Gasteiger charge is -2.28. The van der Waals surface area contributed by atoms with Crippen LogP contribution in [-0.4, -0.2) is 73.2 Å². The lowest BCUT2D eigenvalue weighted by atomic mass is 10.0. The van der Waals surface area contributed by atoms with Crippen molar-refractivity contribution in [3.8, 4) is 0 Å². The van der Waals surface area contributed by atoms with Crippen LogP contribution in [0.1, 0.15) is 47.0 Å². The van der Waals surface area contributed by atoms with Gasteiger partial charge in [0, 0.05) is 40.4 Å². The molecular weight excluding hydrogens is 296 g/mol. The molecule has 1 rings (SSSR count). The second-order valence-electron chi connectivity index (χ2n) is 7.40. The predicted molar refractivity (Wildman–Crippen MR) is 89.2 cm³/mol. The normalized spacial score (nSPS) is 17.1. The highest BCUT2D eigenvalue weighted by Gasteiger charge is 2.29. The quantitative estimate of drug-likeness (QED) is 0.744. The molecule has 0 atom stereocenters. The van der Waals surface area contributed by atoms with Crippen LogP contribution in [0.25, 0.3) is 0 Å². The van der Waals surface area contributed by atoms with E-state index in [1.54, 1.807) is 14.2 Å². The average Bonchev–Trinajstić information content (AvgIpc) is 2.72. The molecule has 1 saturated heterocycles. The van der Waals surface area contributed by atoms with E-state index in [0.29, 0.717) is 39.0 Å². The van der Waals surface area contributed by atoms with Crippen molar-refractivity contribution < 1.29 is 19.1 Å². The summed E-state index contributed by atoms with van der Waals surface area (Å²) in [6, 6.07) is 0. The molecule has 134 valence electrons. The van der Waals surface area contributed by atoms with E-state index in [4.69, 9.17) is 9.47 Å². The molecule has 0 spiro atoms. The van der Waals surface area contributed by atoms with E-state index in [-0.39, 0.29) is 11.8 Å². The Labute approximate surface area is 140 Å². The molecule has 0 aliphatic carbocycles. The number of nitrogens with zero attached hydrogens (tertiary/aromatic N) is 2. The van der Waals surface area contributed by atoms with Crippen LogP contribution in [0, 0.1) is 0 Å². The molecule has 0 aromatic rings. The second kappa shape index (κ2) is 8.11. The lowest BCUT2D eigenvalue weighted by molar-refractivity contribution is -0.139. The van der Waals surface area contributed by atoms with Crippen molar-refractivity contribution in [2.24, 2.45) is 0 Å². The van der Waals surface area contributed by atoms with Gasteiger partial charge in [-0.2, -0.15) is 0 Å². The standard InChI is InChI=1S/C17H32N2O4/c1-16(2,22-5)12-14(20)18-8-7-9-19(11-10-18)15(21)13-17(3,4)23-6/h7-13H2,1-6H3. The minimum absolute atomic E-state index is 0.0865. The molecule has 0 saturated carbocycles. The van der Waals surface area contributed by atoms with Gasteiger partial charge in [0.15, 0.2) is 0 Å². The van der Waals surface area contributed by atoms with E-state index in [1.165, 1.54) is 0 Å². The molecule has 0 aromatic carbocycles. The first-order valence-corrected chi connectivity index (χ1v) is 8.26. The summed E-state index contributed by atoms with van der Waals surface area (Å²) < 4.78 is 10.7. The number of carbonyl (C=O) groups is 2. The van der Waals surface area contributed by atoms with Gasteiger partial charge < -0.3 is 19.3 Å². The van der Waals surface area contributed by atoms with Crippen LogP contribution in [0.15, 0.2) is 0 Å². The maximum absolute atomic E-state index is 12.4. The Bertz CT molecular complexity index is 383. The van der Waals surface area contributed by atoms with Gasteiger partial charge in [0.2, 0.25) is 11.8 Å². The van der Waals surface area contributed by atoms with Crippen molar-refractivity contribution in [2.75, 3.05) is 40.4 Å². The molecule has 6 nitrogen and oxygen atoms in total. The predicted octanol–water partition coefficient (Wildman–Crippen LogP) is 1.68. The van der Waals surface area contributed by atoms with Gasteiger partial charge in [0.25, 0.3) is 0 Å². The van der Waals surface area contributed by atoms with Gasteiger partial charge in [-0.3, -0.25) is 9.59 Å². The minimum Gasteiger partial charge on any atom is -0.378 e. The summed E-state index contributed by atoms with van der Waals surface area (Å²) in [4.78, 5) is 28.5. The third kappa shape index (κ3) is 6.47. The number of ether oxygens (including phenoxy) is 2.